The molecule has 0 unspecified atom stereocenters. The minimum atomic E-state index is -0.237. The Balaban J connectivity index is 1.67. The van der Waals surface area contributed by atoms with Gasteiger partial charge in [0, 0.05) is 24.3 Å². The number of amides is 1. The lowest BCUT2D eigenvalue weighted by Gasteiger charge is -2.37. The van der Waals surface area contributed by atoms with Crippen LogP contribution in [0.3, 0.4) is 0 Å². The number of thiocarbonyl (C=S) groups is 1. The smallest absolute Gasteiger partial charge is 0.262 e. The zero-order valence-electron chi connectivity index (χ0n) is 17.6. The van der Waals surface area contributed by atoms with Crippen LogP contribution in [0.1, 0.15) is 26.3 Å². The Bertz CT molecular complexity index is 865. The molecule has 0 saturated carbocycles. The molecule has 1 heterocycles. The van der Waals surface area contributed by atoms with Crippen molar-refractivity contribution in [3.05, 3.63) is 54.1 Å². The molecule has 1 aliphatic heterocycles. The van der Waals surface area contributed by atoms with Crippen LogP contribution in [-0.2, 0) is 9.53 Å². The number of rotatable bonds is 7. The number of nitrogens with one attached hydrogen (secondary N) is 1. The molecular formula is C23H28N2O4S. The molecule has 1 fully saturated rings. The number of ether oxygens (including phenoxy) is 3. The fourth-order valence-electron chi connectivity index (χ4n) is 3.42. The van der Waals surface area contributed by atoms with Gasteiger partial charge in [-0.3, -0.25) is 4.79 Å². The van der Waals surface area contributed by atoms with Crippen molar-refractivity contribution in [2.45, 2.75) is 33.0 Å². The third-order valence-corrected chi connectivity index (χ3v) is 5.11. The maximum absolute atomic E-state index is 12.2. The molecule has 2 aromatic rings. The molecule has 3 rings (SSSR count). The number of anilines is 1. The summed E-state index contributed by atoms with van der Waals surface area (Å²) in [6, 6.07) is 14.9. The van der Waals surface area contributed by atoms with Gasteiger partial charge < -0.3 is 24.4 Å². The van der Waals surface area contributed by atoms with E-state index < -0.39 is 0 Å². The van der Waals surface area contributed by atoms with Crippen molar-refractivity contribution in [1.82, 2.24) is 4.90 Å². The molecule has 2 aromatic carbocycles. The highest BCUT2D eigenvalue weighted by atomic mass is 32.1. The molecule has 0 bridgehead atoms. The molecule has 1 N–H and O–H groups in total. The summed E-state index contributed by atoms with van der Waals surface area (Å²) in [6.07, 6.45) is 0.257. The van der Waals surface area contributed by atoms with Gasteiger partial charge in [-0.15, -0.1) is 0 Å². The Kier molecular flexibility index (Phi) is 7.65. The van der Waals surface area contributed by atoms with Gasteiger partial charge in [0.25, 0.3) is 5.91 Å². The average molecular weight is 429 g/mol. The lowest BCUT2D eigenvalue weighted by Crippen LogP contribution is -2.47. The van der Waals surface area contributed by atoms with Crippen LogP contribution < -0.4 is 14.8 Å². The maximum Gasteiger partial charge on any atom is 0.262 e. The number of carbonyl (C=O) groups is 1. The summed E-state index contributed by atoms with van der Waals surface area (Å²) in [5.74, 6) is 0.842. The summed E-state index contributed by atoms with van der Waals surface area (Å²) in [6.45, 7) is 7.88. The van der Waals surface area contributed by atoms with Crippen LogP contribution in [0.15, 0.2) is 48.5 Å². The third-order valence-electron chi connectivity index (χ3n) is 4.61. The molecule has 30 heavy (non-hydrogen) atoms. The second-order valence-corrected chi connectivity index (χ2v) is 7.65. The predicted molar refractivity (Wildman–Crippen MR) is 121 cm³/mol. The molecule has 0 aromatic heterocycles. The first-order valence-electron chi connectivity index (χ1n) is 10.2. The Morgan fingerprint density at radius 2 is 1.80 bits per heavy atom. The van der Waals surface area contributed by atoms with Gasteiger partial charge >= 0.3 is 0 Å². The van der Waals surface area contributed by atoms with Crippen molar-refractivity contribution < 1.29 is 19.0 Å². The SMILES string of the molecule is CCOc1cc(C(=S)N2C[C@@H](C)O[C@@H](C)C2)ccc1OCC(=O)Nc1ccccc1. The first-order chi connectivity index (χ1) is 14.5. The largest absolute Gasteiger partial charge is 0.490 e. The van der Waals surface area contributed by atoms with Crippen LogP contribution in [0, 0.1) is 0 Å². The van der Waals surface area contributed by atoms with Crippen LogP contribution in [0.25, 0.3) is 0 Å². The van der Waals surface area contributed by atoms with Crippen molar-refractivity contribution in [2.24, 2.45) is 0 Å². The molecule has 160 valence electrons. The second-order valence-electron chi connectivity index (χ2n) is 7.26. The average Bonchev–Trinajstić information content (AvgIpc) is 2.72. The number of hydrogen-bond donors (Lipinski definition) is 1. The van der Waals surface area contributed by atoms with E-state index in [1.54, 1.807) is 6.07 Å². The van der Waals surface area contributed by atoms with Gasteiger partial charge in [-0.05, 0) is 51.1 Å². The molecule has 1 aliphatic rings. The lowest BCUT2D eigenvalue weighted by atomic mass is 10.1. The topological polar surface area (TPSA) is 60.0 Å². The van der Waals surface area contributed by atoms with E-state index in [4.69, 9.17) is 26.4 Å². The molecule has 7 heteroatoms. The zero-order chi connectivity index (χ0) is 21.5. The highest BCUT2D eigenvalue weighted by Crippen LogP contribution is 2.30. The summed E-state index contributed by atoms with van der Waals surface area (Å²) < 4.78 is 17.3. The van der Waals surface area contributed by atoms with Crippen molar-refractivity contribution in [3.63, 3.8) is 0 Å². The lowest BCUT2D eigenvalue weighted by molar-refractivity contribution is -0.118. The monoisotopic (exact) mass is 428 g/mol. The van der Waals surface area contributed by atoms with Crippen molar-refractivity contribution >= 4 is 28.8 Å². The molecule has 0 spiro atoms. The van der Waals surface area contributed by atoms with Gasteiger partial charge in [0.05, 0.1) is 18.8 Å². The van der Waals surface area contributed by atoms with Crippen molar-refractivity contribution in [3.8, 4) is 11.5 Å². The highest BCUT2D eigenvalue weighted by Gasteiger charge is 2.25. The van der Waals surface area contributed by atoms with E-state index in [1.807, 2.05) is 63.2 Å². The number of benzene rings is 2. The van der Waals surface area contributed by atoms with Crippen LogP contribution >= 0.6 is 12.2 Å². The van der Waals surface area contributed by atoms with E-state index >= 15 is 0 Å². The molecule has 0 aliphatic carbocycles. The van der Waals surface area contributed by atoms with E-state index in [1.165, 1.54) is 0 Å². The van der Waals surface area contributed by atoms with Crippen LogP contribution in [0.4, 0.5) is 5.69 Å². The van der Waals surface area contributed by atoms with Crippen LogP contribution in [0.2, 0.25) is 0 Å². The summed E-state index contributed by atoms with van der Waals surface area (Å²) in [7, 11) is 0. The number of nitrogens with zero attached hydrogens (tertiary/aromatic N) is 1. The van der Waals surface area contributed by atoms with Gasteiger partial charge in [-0.2, -0.15) is 0 Å². The van der Waals surface area contributed by atoms with Gasteiger partial charge in [-0.1, -0.05) is 30.4 Å². The van der Waals surface area contributed by atoms with E-state index in [0.29, 0.717) is 18.1 Å². The standard InChI is InChI=1S/C23H28N2O4S/c1-4-27-21-12-18(23(30)25-13-16(2)29-17(3)14-25)10-11-20(21)28-15-22(26)24-19-8-6-5-7-9-19/h5-12,16-17H,4,13-15H2,1-3H3,(H,24,26)/t16-,17+. The van der Waals surface area contributed by atoms with Crippen LogP contribution in [-0.4, -0.2) is 54.3 Å². The number of para-hydroxylation sites is 1. The number of carbonyl (C=O) groups excluding carboxylic acids is 1. The van der Waals surface area contributed by atoms with Gasteiger partial charge in [-0.25, -0.2) is 0 Å². The summed E-state index contributed by atoms with van der Waals surface area (Å²) in [5, 5.41) is 2.80. The Morgan fingerprint density at radius 1 is 1.10 bits per heavy atom. The molecule has 1 saturated heterocycles. The minimum Gasteiger partial charge on any atom is -0.490 e. The van der Waals surface area contributed by atoms with Crippen molar-refractivity contribution in [1.29, 1.82) is 0 Å². The molecular weight excluding hydrogens is 400 g/mol. The first-order valence-corrected chi connectivity index (χ1v) is 10.6. The summed E-state index contributed by atoms with van der Waals surface area (Å²) in [4.78, 5) is 15.1. The molecule has 6 nitrogen and oxygen atoms in total. The second kappa shape index (κ2) is 10.4. The Morgan fingerprint density at radius 3 is 2.47 bits per heavy atom. The molecule has 1 amide bonds. The third kappa shape index (κ3) is 5.93. The first kappa shape index (κ1) is 22.1. The fourth-order valence-corrected chi connectivity index (χ4v) is 3.69. The molecule has 2 atom stereocenters. The van der Waals surface area contributed by atoms with Gasteiger partial charge in [0.15, 0.2) is 18.1 Å². The van der Waals surface area contributed by atoms with Gasteiger partial charge in [0.1, 0.15) is 4.99 Å². The van der Waals surface area contributed by atoms with E-state index in [0.717, 1.165) is 29.3 Å². The Labute approximate surface area is 183 Å². The predicted octanol–water partition coefficient (Wildman–Crippen LogP) is 3.89. The molecule has 0 radical (unpaired) electrons. The fraction of sp³-hybridized carbons (Fsp3) is 0.391. The summed E-state index contributed by atoms with van der Waals surface area (Å²) >= 11 is 5.72. The zero-order valence-corrected chi connectivity index (χ0v) is 18.4. The van der Waals surface area contributed by atoms with E-state index in [2.05, 4.69) is 10.2 Å². The van der Waals surface area contributed by atoms with E-state index in [9.17, 15) is 4.79 Å². The Hall–Kier alpha value is -2.64. The maximum atomic E-state index is 12.2. The van der Waals surface area contributed by atoms with Crippen LogP contribution in [0.5, 0.6) is 11.5 Å². The number of morpholine rings is 1. The van der Waals surface area contributed by atoms with E-state index in [-0.39, 0.29) is 24.7 Å². The minimum absolute atomic E-state index is 0.114. The quantitative estimate of drug-likeness (QED) is 0.676. The highest BCUT2D eigenvalue weighted by molar-refractivity contribution is 7.80. The normalized spacial score (nSPS) is 18.6. The van der Waals surface area contributed by atoms with Gasteiger partial charge in [0.2, 0.25) is 0 Å². The summed E-state index contributed by atoms with van der Waals surface area (Å²) in [5.41, 5.74) is 1.61. The van der Waals surface area contributed by atoms with Crippen molar-refractivity contribution in [2.75, 3.05) is 31.6 Å². The number of hydrogen-bond acceptors (Lipinski definition) is 5.